The van der Waals surface area contributed by atoms with Gasteiger partial charge in [0.15, 0.2) is 0 Å². The lowest BCUT2D eigenvalue weighted by Gasteiger charge is -2.09. The van der Waals surface area contributed by atoms with Gasteiger partial charge in [0, 0.05) is 12.7 Å². The maximum atomic E-state index is 11.4. The van der Waals surface area contributed by atoms with Crippen LogP contribution in [0.3, 0.4) is 0 Å². The molecule has 1 N–H and O–H groups in total. The Hall–Kier alpha value is -1.90. The molecule has 1 aliphatic carbocycles. The van der Waals surface area contributed by atoms with Crippen molar-refractivity contribution in [3.8, 4) is 0 Å². The number of hydrogen-bond donors (Lipinski definition) is 1. The summed E-state index contributed by atoms with van der Waals surface area (Å²) in [6, 6.07) is 0. The van der Waals surface area contributed by atoms with E-state index in [1.165, 1.54) is 0 Å². The van der Waals surface area contributed by atoms with Crippen molar-refractivity contribution < 1.29 is 4.79 Å². The second-order valence-electron chi connectivity index (χ2n) is 4.04. The first kappa shape index (κ1) is 17.1. The predicted octanol–water partition coefficient (Wildman–Crippen LogP) is 3.57. The van der Waals surface area contributed by atoms with Gasteiger partial charge in [-0.3, -0.25) is 9.79 Å². The molecule has 3 heteroatoms. The molecule has 0 heterocycles. The second-order valence-corrected chi connectivity index (χ2v) is 4.04. The molecule has 104 valence electrons. The van der Waals surface area contributed by atoms with Crippen molar-refractivity contribution in [1.82, 2.24) is 5.32 Å². The first-order valence-electron chi connectivity index (χ1n) is 6.54. The van der Waals surface area contributed by atoms with E-state index in [4.69, 9.17) is 0 Å². The fourth-order valence-corrected chi connectivity index (χ4v) is 1.33. The Labute approximate surface area is 116 Å². The molecular weight excluding hydrogens is 236 g/mol. The lowest BCUT2D eigenvalue weighted by Crippen LogP contribution is -2.18. The molecule has 3 nitrogen and oxygen atoms in total. The van der Waals surface area contributed by atoms with E-state index in [0.29, 0.717) is 6.42 Å². The number of carbonyl (C=O) groups excluding carboxylic acids is 1. The minimum atomic E-state index is -0.0357. The Kier molecular flexibility index (Phi) is 8.18. The molecule has 1 aliphatic rings. The molecule has 1 rings (SSSR count). The molecule has 0 bridgehead atoms. The van der Waals surface area contributed by atoms with Gasteiger partial charge >= 0.3 is 0 Å². The first-order chi connectivity index (χ1) is 9.04. The first-order valence-corrected chi connectivity index (χ1v) is 6.54. The third-order valence-corrected chi connectivity index (χ3v) is 2.43. The third-order valence-electron chi connectivity index (χ3n) is 2.43. The summed E-state index contributed by atoms with van der Waals surface area (Å²) in [7, 11) is 1.63. The predicted molar refractivity (Wildman–Crippen MR) is 83.3 cm³/mol. The van der Waals surface area contributed by atoms with Crippen LogP contribution >= 0.6 is 0 Å². The maximum absolute atomic E-state index is 11.4. The van der Waals surface area contributed by atoms with Crippen molar-refractivity contribution in [3.63, 3.8) is 0 Å². The Balaban J connectivity index is 0.00000154. The fourth-order valence-electron chi connectivity index (χ4n) is 1.33. The van der Waals surface area contributed by atoms with Crippen LogP contribution in [0.15, 0.2) is 52.7 Å². The van der Waals surface area contributed by atoms with Crippen LogP contribution in [0, 0.1) is 0 Å². The fraction of sp³-hybridized carbons (Fsp3) is 0.375. The summed E-state index contributed by atoms with van der Waals surface area (Å²) < 4.78 is 0. The van der Waals surface area contributed by atoms with Crippen molar-refractivity contribution in [1.29, 1.82) is 0 Å². The largest absolute Gasteiger partial charge is 0.359 e. The zero-order valence-electron chi connectivity index (χ0n) is 12.6. The zero-order chi connectivity index (χ0) is 14.8. The Morgan fingerprint density at radius 1 is 1.26 bits per heavy atom. The van der Waals surface area contributed by atoms with Gasteiger partial charge in [0.05, 0.1) is 12.1 Å². The minimum Gasteiger partial charge on any atom is -0.359 e. The molecule has 0 fully saturated rings. The average molecular weight is 260 g/mol. The number of carbonyl (C=O) groups is 1. The van der Waals surface area contributed by atoms with Crippen LogP contribution in [-0.2, 0) is 4.79 Å². The van der Waals surface area contributed by atoms with Gasteiger partial charge in [-0.2, -0.15) is 0 Å². The lowest BCUT2D eigenvalue weighted by molar-refractivity contribution is -0.119. The van der Waals surface area contributed by atoms with E-state index in [9.17, 15) is 4.79 Å². The number of amides is 1. The molecule has 0 spiro atoms. The number of hydrogen-bond acceptors (Lipinski definition) is 2. The van der Waals surface area contributed by atoms with Gasteiger partial charge < -0.3 is 5.32 Å². The highest BCUT2D eigenvalue weighted by molar-refractivity contribution is 6.11. The molecule has 0 saturated carbocycles. The monoisotopic (exact) mass is 260 g/mol. The van der Waals surface area contributed by atoms with Crippen LogP contribution in [0.2, 0.25) is 0 Å². The van der Waals surface area contributed by atoms with Gasteiger partial charge in [-0.05, 0) is 25.5 Å². The van der Waals surface area contributed by atoms with E-state index in [0.717, 1.165) is 22.6 Å². The molecule has 0 saturated heterocycles. The van der Waals surface area contributed by atoms with Crippen molar-refractivity contribution >= 4 is 11.6 Å². The van der Waals surface area contributed by atoms with Gasteiger partial charge in [-0.25, -0.2) is 0 Å². The van der Waals surface area contributed by atoms with E-state index < -0.39 is 0 Å². The quantitative estimate of drug-likeness (QED) is 0.828. The number of nitrogens with one attached hydrogen (secondary N) is 1. The van der Waals surface area contributed by atoms with Crippen LogP contribution in [0.1, 0.15) is 34.1 Å². The smallest absolute Gasteiger partial charge is 0.225 e. The minimum absolute atomic E-state index is 0.0357. The Bertz CT molecular complexity index is 447. The summed E-state index contributed by atoms with van der Waals surface area (Å²) in [6.45, 7) is 11.8. The Morgan fingerprint density at radius 3 is 2.32 bits per heavy atom. The van der Waals surface area contributed by atoms with Crippen LogP contribution in [0.5, 0.6) is 0 Å². The van der Waals surface area contributed by atoms with E-state index in [1.54, 1.807) is 7.05 Å². The van der Waals surface area contributed by atoms with Crippen molar-refractivity contribution in [2.45, 2.75) is 34.1 Å². The summed E-state index contributed by atoms with van der Waals surface area (Å²) >= 11 is 0. The highest BCUT2D eigenvalue weighted by atomic mass is 16.1. The summed E-state index contributed by atoms with van der Waals surface area (Å²) in [4.78, 5) is 15.9. The van der Waals surface area contributed by atoms with Crippen LogP contribution in [0.25, 0.3) is 0 Å². The van der Waals surface area contributed by atoms with Crippen LogP contribution < -0.4 is 5.32 Å². The Morgan fingerprint density at radius 2 is 1.84 bits per heavy atom. The topological polar surface area (TPSA) is 41.5 Å². The second kappa shape index (κ2) is 9.09. The highest BCUT2D eigenvalue weighted by Gasteiger charge is 2.08. The van der Waals surface area contributed by atoms with Gasteiger partial charge in [0.1, 0.15) is 0 Å². The molecular formula is C16H24N2O. The van der Waals surface area contributed by atoms with Crippen molar-refractivity contribution in [2.75, 3.05) is 7.05 Å². The molecule has 0 atom stereocenters. The number of rotatable bonds is 3. The standard InChI is InChI=1S/C14H18N2O.C2H6/c1-10(2)13(9-14(17)15-4)16-12-8-6-5-7-11(12)3;1-2/h5-8H,3,9H2,1-2,4H3,(H,15,17);1-2H3. The molecule has 0 aromatic rings. The van der Waals surface area contributed by atoms with Gasteiger partial charge in [-0.15, -0.1) is 0 Å². The molecule has 0 aliphatic heterocycles. The molecule has 0 aromatic carbocycles. The maximum Gasteiger partial charge on any atom is 0.225 e. The number of aliphatic imine (C=N–C) groups is 1. The molecule has 0 unspecified atom stereocenters. The molecule has 0 radical (unpaired) electrons. The SMILES string of the molecule is C=C1C=CC=CC1=NC(CC(=O)NC)=C(C)C.CC. The molecule has 19 heavy (non-hydrogen) atoms. The van der Waals surface area contributed by atoms with Crippen LogP contribution in [0.4, 0.5) is 0 Å². The van der Waals surface area contributed by atoms with E-state index in [-0.39, 0.29) is 5.91 Å². The van der Waals surface area contributed by atoms with E-state index in [1.807, 2.05) is 52.0 Å². The summed E-state index contributed by atoms with van der Waals surface area (Å²) in [5.41, 5.74) is 3.51. The van der Waals surface area contributed by atoms with Crippen molar-refractivity contribution in [2.24, 2.45) is 4.99 Å². The number of nitrogens with zero attached hydrogens (tertiary/aromatic N) is 1. The molecule has 1 amide bonds. The molecule has 0 aromatic heterocycles. The zero-order valence-corrected chi connectivity index (χ0v) is 12.6. The highest BCUT2D eigenvalue weighted by Crippen LogP contribution is 2.14. The van der Waals surface area contributed by atoms with Crippen LogP contribution in [-0.4, -0.2) is 18.7 Å². The number of allylic oxidation sites excluding steroid dienone is 6. The average Bonchev–Trinajstić information content (AvgIpc) is 2.42. The third kappa shape index (κ3) is 6.00. The lowest BCUT2D eigenvalue weighted by atomic mass is 10.1. The van der Waals surface area contributed by atoms with Gasteiger partial charge in [-0.1, -0.05) is 44.2 Å². The van der Waals surface area contributed by atoms with Crippen molar-refractivity contribution in [3.05, 3.63) is 47.7 Å². The summed E-state index contributed by atoms with van der Waals surface area (Å²) in [6.07, 6.45) is 7.93. The van der Waals surface area contributed by atoms with E-state index >= 15 is 0 Å². The van der Waals surface area contributed by atoms with Gasteiger partial charge in [0.25, 0.3) is 0 Å². The summed E-state index contributed by atoms with van der Waals surface area (Å²) in [5, 5.41) is 2.60. The summed E-state index contributed by atoms with van der Waals surface area (Å²) in [5.74, 6) is -0.0357. The van der Waals surface area contributed by atoms with Gasteiger partial charge in [0.2, 0.25) is 5.91 Å². The normalized spacial score (nSPS) is 14.8. The van der Waals surface area contributed by atoms with E-state index in [2.05, 4.69) is 16.9 Å².